The Balaban J connectivity index is 1.97. The number of benzene rings is 2. The van der Waals surface area contributed by atoms with E-state index in [2.05, 4.69) is 5.32 Å². The van der Waals surface area contributed by atoms with Crippen LogP contribution in [0.2, 0.25) is 0 Å². The summed E-state index contributed by atoms with van der Waals surface area (Å²) >= 11 is 0. The highest BCUT2D eigenvalue weighted by Gasteiger charge is 2.18. The molecule has 0 aromatic heterocycles. The summed E-state index contributed by atoms with van der Waals surface area (Å²) in [6.07, 6.45) is 1.37. The number of halogens is 1. The van der Waals surface area contributed by atoms with Gasteiger partial charge in [0.15, 0.2) is 0 Å². The fraction of sp³-hybridized carbons (Fsp3) is 0.350. The number of hydrogen-bond acceptors (Lipinski definition) is 3. The molecule has 7 heteroatoms. The standard InChI is InChI=1S/C20H25FN2O3S/c1-15-8-9-16(2)19(14-15)22-20(24)11-13-23(27(3,25)26)12-10-17-6-4-5-7-18(17)21/h4-9,14H,10-13H2,1-3H3,(H,22,24). The molecule has 0 radical (unpaired) electrons. The molecule has 0 unspecified atom stereocenters. The van der Waals surface area contributed by atoms with Gasteiger partial charge in [0.05, 0.1) is 6.26 Å². The maximum atomic E-state index is 13.7. The van der Waals surface area contributed by atoms with Gasteiger partial charge in [-0.05, 0) is 49.1 Å². The molecule has 0 aliphatic carbocycles. The highest BCUT2D eigenvalue weighted by Crippen LogP contribution is 2.17. The number of amides is 1. The lowest BCUT2D eigenvalue weighted by Gasteiger charge is -2.20. The van der Waals surface area contributed by atoms with E-state index < -0.39 is 10.0 Å². The number of anilines is 1. The predicted octanol–water partition coefficient (Wildman–Crippen LogP) is 3.28. The fourth-order valence-electron chi connectivity index (χ4n) is 2.70. The highest BCUT2D eigenvalue weighted by atomic mass is 32.2. The molecular formula is C20H25FN2O3S. The fourth-order valence-corrected chi connectivity index (χ4v) is 3.55. The summed E-state index contributed by atoms with van der Waals surface area (Å²) in [5, 5.41) is 2.82. The van der Waals surface area contributed by atoms with Crippen LogP contribution in [0.1, 0.15) is 23.1 Å². The van der Waals surface area contributed by atoms with Gasteiger partial charge in [0.2, 0.25) is 15.9 Å². The largest absolute Gasteiger partial charge is 0.326 e. The number of nitrogens with zero attached hydrogens (tertiary/aromatic N) is 1. The first kappa shape index (κ1) is 21.1. The van der Waals surface area contributed by atoms with Gasteiger partial charge in [-0.2, -0.15) is 0 Å². The second-order valence-electron chi connectivity index (χ2n) is 6.62. The molecule has 1 amide bonds. The lowest BCUT2D eigenvalue weighted by molar-refractivity contribution is -0.116. The third kappa shape index (κ3) is 6.45. The van der Waals surface area contributed by atoms with Crippen molar-refractivity contribution in [3.05, 3.63) is 65.0 Å². The summed E-state index contributed by atoms with van der Waals surface area (Å²) < 4.78 is 39.0. The predicted molar refractivity (Wildman–Crippen MR) is 106 cm³/mol. The molecular weight excluding hydrogens is 367 g/mol. The molecule has 0 saturated carbocycles. The average Bonchev–Trinajstić information content (AvgIpc) is 2.58. The van der Waals surface area contributed by atoms with Crippen LogP contribution in [-0.4, -0.2) is 38.0 Å². The van der Waals surface area contributed by atoms with Crippen LogP contribution in [0, 0.1) is 19.7 Å². The first-order chi connectivity index (χ1) is 12.7. The zero-order valence-electron chi connectivity index (χ0n) is 15.8. The van der Waals surface area contributed by atoms with E-state index >= 15 is 0 Å². The minimum absolute atomic E-state index is 0.0255. The monoisotopic (exact) mass is 392 g/mol. The van der Waals surface area contributed by atoms with Crippen molar-refractivity contribution in [3.63, 3.8) is 0 Å². The van der Waals surface area contributed by atoms with Crippen molar-refractivity contribution in [1.29, 1.82) is 0 Å². The maximum Gasteiger partial charge on any atom is 0.225 e. The maximum absolute atomic E-state index is 13.7. The molecule has 0 saturated heterocycles. The van der Waals surface area contributed by atoms with E-state index in [4.69, 9.17) is 0 Å². The second kappa shape index (κ2) is 9.10. The van der Waals surface area contributed by atoms with Crippen LogP contribution < -0.4 is 5.32 Å². The number of hydrogen-bond donors (Lipinski definition) is 1. The SMILES string of the molecule is Cc1ccc(C)c(NC(=O)CCN(CCc2ccccc2F)S(C)(=O)=O)c1. The minimum Gasteiger partial charge on any atom is -0.326 e. The molecule has 2 rings (SSSR count). The van der Waals surface area contributed by atoms with Crippen molar-refractivity contribution < 1.29 is 17.6 Å². The highest BCUT2D eigenvalue weighted by molar-refractivity contribution is 7.88. The molecule has 146 valence electrons. The summed E-state index contributed by atoms with van der Waals surface area (Å²) in [5.74, 6) is -0.623. The van der Waals surface area contributed by atoms with Gasteiger partial charge in [0.25, 0.3) is 0 Å². The normalized spacial score (nSPS) is 11.6. The van der Waals surface area contributed by atoms with Crippen molar-refractivity contribution in [2.45, 2.75) is 26.7 Å². The molecule has 0 atom stereocenters. The molecule has 5 nitrogen and oxygen atoms in total. The van der Waals surface area contributed by atoms with Crippen LogP contribution >= 0.6 is 0 Å². The third-order valence-corrected chi connectivity index (χ3v) is 5.62. The smallest absolute Gasteiger partial charge is 0.225 e. The summed E-state index contributed by atoms with van der Waals surface area (Å²) in [4.78, 5) is 12.2. The van der Waals surface area contributed by atoms with Gasteiger partial charge in [0, 0.05) is 25.2 Å². The number of aryl methyl sites for hydroxylation is 2. The number of rotatable bonds is 8. The Hall–Kier alpha value is -2.25. The van der Waals surface area contributed by atoms with Crippen LogP contribution in [-0.2, 0) is 21.2 Å². The van der Waals surface area contributed by atoms with Gasteiger partial charge < -0.3 is 5.32 Å². The Morgan fingerprint density at radius 3 is 2.48 bits per heavy atom. The summed E-state index contributed by atoms with van der Waals surface area (Å²) in [7, 11) is -3.50. The van der Waals surface area contributed by atoms with Crippen LogP contribution in [0.4, 0.5) is 10.1 Å². The van der Waals surface area contributed by atoms with Gasteiger partial charge in [-0.3, -0.25) is 4.79 Å². The van der Waals surface area contributed by atoms with E-state index in [0.717, 1.165) is 23.1 Å². The molecule has 0 aliphatic heterocycles. The molecule has 27 heavy (non-hydrogen) atoms. The Labute approximate surface area is 160 Å². The first-order valence-electron chi connectivity index (χ1n) is 8.72. The van der Waals surface area contributed by atoms with Crippen molar-refractivity contribution in [1.82, 2.24) is 4.31 Å². The summed E-state index contributed by atoms with van der Waals surface area (Å²) in [6.45, 7) is 4.00. The van der Waals surface area contributed by atoms with Gasteiger partial charge in [0.1, 0.15) is 5.82 Å². The van der Waals surface area contributed by atoms with E-state index in [0.29, 0.717) is 5.56 Å². The Kier molecular flexibility index (Phi) is 7.10. The third-order valence-electron chi connectivity index (χ3n) is 4.31. The topological polar surface area (TPSA) is 66.5 Å². The molecule has 0 fully saturated rings. The molecule has 2 aromatic carbocycles. The number of carbonyl (C=O) groups excluding carboxylic acids is 1. The van der Waals surface area contributed by atoms with Gasteiger partial charge in [-0.15, -0.1) is 0 Å². The quantitative estimate of drug-likeness (QED) is 0.750. The number of nitrogens with one attached hydrogen (secondary N) is 1. The van der Waals surface area contributed by atoms with E-state index in [9.17, 15) is 17.6 Å². The van der Waals surface area contributed by atoms with Crippen LogP contribution in [0.15, 0.2) is 42.5 Å². The summed E-state index contributed by atoms with van der Waals surface area (Å²) in [6, 6.07) is 12.0. The number of sulfonamides is 1. The van der Waals surface area contributed by atoms with Crippen molar-refractivity contribution in [2.75, 3.05) is 24.7 Å². The van der Waals surface area contributed by atoms with Crippen LogP contribution in [0.25, 0.3) is 0 Å². The Morgan fingerprint density at radius 2 is 1.81 bits per heavy atom. The lowest BCUT2D eigenvalue weighted by Crippen LogP contribution is -2.34. The van der Waals surface area contributed by atoms with Crippen LogP contribution in [0.5, 0.6) is 0 Å². The van der Waals surface area contributed by atoms with E-state index in [1.54, 1.807) is 18.2 Å². The molecule has 1 N–H and O–H groups in total. The lowest BCUT2D eigenvalue weighted by atomic mass is 10.1. The first-order valence-corrected chi connectivity index (χ1v) is 10.6. The van der Waals surface area contributed by atoms with Crippen LogP contribution in [0.3, 0.4) is 0 Å². The van der Waals surface area contributed by atoms with Crippen molar-refractivity contribution in [3.8, 4) is 0 Å². The molecule has 0 spiro atoms. The molecule has 0 bridgehead atoms. The zero-order valence-corrected chi connectivity index (χ0v) is 16.6. The number of carbonyl (C=O) groups is 1. The Morgan fingerprint density at radius 1 is 1.11 bits per heavy atom. The van der Waals surface area contributed by atoms with E-state index in [1.165, 1.54) is 10.4 Å². The van der Waals surface area contributed by atoms with Gasteiger partial charge in [-0.25, -0.2) is 17.1 Å². The molecule has 0 heterocycles. The van der Waals surface area contributed by atoms with Crippen molar-refractivity contribution >= 4 is 21.6 Å². The van der Waals surface area contributed by atoms with E-state index in [-0.39, 0.29) is 37.7 Å². The van der Waals surface area contributed by atoms with Gasteiger partial charge >= 0.3 is 0 Å². The van der Waals surface area contributed by atoms with Crippen molar-refractivity contribution in [2.24, 2.45) is 0 Å². The summed E-state index contributed by atoms with van der Waals surface area (Å²) in [5.41, 5.74) is 3.13. The van der Waals surface area contributed by atoms with E-state index in [1.807, 2.05) is 32.0 Å². The van der Waals surface area contributed by atoms with Gasteiger partial charge in [-0.1, -0.05) is 30.3 Å². The minimum atomic E-state index is -3.50. The zero-order chi connectivity index (χ0) is 20.0. The molecule has 2 aromatic rings. The Bertz CT molecular complexity index is 913. The average molecular weight is 392 g/mol. The molecule has 0 aliphatic rings. The second-order valence-corrected chi connectivity index (χ2v) is 8.60.